The van der Waals surface area contributed by atoms with Gasteiger partial charge in [-0.2, -0.15) is 0 Å². The zero-order valence-corrected chi connectivity index (χ0v) is 16.6. The van der Waals surface area contributed by atoms with Gasteiger partial charge >= 0.3 is 5.79 Å². The number of fused-ring (bicyclic) bond motifs is 3. The van der Waals surface area contributed by atoms with Gasteiger partial charge in [0, 0.05) is 29.3 Å². The largest absolute Gasteiger partial charge is 0.508 e. The van der Waals surface area contributed by atoms with Gasteiger partial charge in [0.2, 0.25) is 5.43 Å². The van der Waals surface area contributed by atoms with Crippen LogP contribution in [-0.2, 0) is 5.79 Å². The quantitative estimate of drug-likeness (QED) is 0.387. The van der Waals surface area contributed by atoms with Gasteiger partial charge in [0.1, 0.15) is 28.1 Å². The molecule has 0 amide bonds. The van der Waals surface area contributed by atoms with Gasteiger partial charge < -0.3 is 24.1 Å². The number of phenolic OH excluding ortho intramolecular Hbond substituents is 2. The molecule has 5 aromatic rings. The van der Waals surface area contributed by atoms with Crippen molar-refractivity contribution in [2.75, 3.05) is 0 Å². The van der Waals surface area contributed by atoms with Crippen molar-refractivity contribution in [2.24, 2.45) is 0 Å². The molecule has 2 heterocycles. The Hall–Kier alpha value is -4.45. The first-order chi connectivity index (χ1) is 15.5. The number of ether oxygens (including phenoxy) is 2. The fourth-order valence-corrected chi connectivity index (χ4v) is 4.16. The topological polar surface area (TPSA) is 89.1 Å². The Labute approximate surface area is 181 Å². The smallest absolute Gasteiger partial charge is 0.305 e. The van der Waals surface area contributed by atoms with E-state index in [4.69, 9.17) is 13.9 Å². The van der Waals surface area contributed by atoms with Crippen molar-refractivity contribution in [1.82, 2.24) is 0 Å². The number of hydrogen-bond acceptors (Lipinski definition) is 6. The lowest BCUT2D eigenvalue weighted by Crippen LogP contribution is -2.36. The molecule has 0 spiro atoms. The van der Waals surface area contributed by atoms with Gasteiger partial charge in [-0.05, 0) is 6.07 Å². The lowest BCUT2D eigenvalue weighted by Gasteiger charge is -2.28. The van der Waals surface area contributed by atoms with Gasteiger partial charge in [0.25, 0.3) is 0 Å². The summed E-state index contributed by atoms with van der Waals surface area (Å²) in [5.41, 5.74) is 1.49. The zero-order valence-electron chi connectivity index (χ0n) is 16.6. The van der Waals surface area contributed by atoms with E-state index >= 15 is 0 Å². The van der Waals surface area contributed by atoms with Crippen molar-refractivity contribution in [3.8, 4) is 23.0 Å². The van der Waals surface area contributed by atoms with E-state index < -0.39 is 11.2 Å². The van der Waals surface area contributed by atoms with Crippen LogP contribution in [0.1, 0.15) is 11.1 Å². The summed E-state index contributed by atoms with van der Waals surface area (Å²) in [6, 6.07) is 24.6. The Morgan fingerprint density at radius 1 is 0.688 bits per heavy atom. The molecule has 0 unspecified atom stereocenters. The summed E-state index contributed by atoms with van der Waals surface area (Å²) < 4.78 is 18.6. The normalized spacial score (nSPS) is 14.1. The molecule has 1 aromatic heterocycles. The first-order valence-electron chi connectivity index (χ1n) is 10.0. The fourth-order valence-electron chi connectivity index (χ4n) is 4.16. The molecule has 1 aliphatic rings. The van der Waals surface area contributed by atoms with Crippen molar-refractivity contribution >= 4 is 21.9 Å². The van der Waals surface area contributed by atoms with Crippen LogP contribution < -0.4 is 14.9 Å². The van der Waals surface area contributed by atoms with Crippen LogP contribution in [0.25, 0.3) is 21.9 Å². The fraction of sp³-hybridized carbons (Fsp3) is 0.0385. The molecule has 0 saturated heterocycles. The second kappa shape index (κ2) is 6.52. The molecule has 6 heteroatoms. The van der Waals surface area contributed by atoms with Crippen molar-refractivity contribution < 1.29 is 24.1 Å². The monoisotopic (exact) mass is 424 g/mol. The Kier molecular flexibility index (Phi) is 3.74. The van der Waals surface area contributed by atoms with Crippen LogP contribution in [0.15, 0.2) is 94.1 Å². The molecule has 0 saturated carbocycles. The molecule has 0 atom stereocenters. The lowest BCUT2D eigenvalue weighted by molar-refractivity contribution is -0.0458. The molecule has 1 aliphatic heterocycles. The highest BCUT2D eigenvalue weighted by Gasteiger charge is 2.45. The van der Waals surface area contributed by atoms with E-state index in [1.165, 1.54) is 6.07 Å². The summed E-state index contributed by atoms with van der Waals surface area (Å²) in [5.74, 6) is -0.987. The molecule has 0 fully saturated rings. The zero-order chi connectivity index (χ0) is 21.9. The predicted octanol–water partition coefficient (Wildman–Crippen LogP) is 5.03. The molecule has 2 N–H and O–H groups in total. The van der Waals surface area contributed by atoms with Crippen LogP contribution >= 0.6 is 0 Å². The van der Waals surface area contributed by atoms with E-state index in [0.717, 1.165) is 17.2 Å². The molecule has 32 heavy (non-hydrogen) atoms. The highest BCUT2D eigenvalue weighted by atomic mass is 16.7. The number of rotatable bonds is 2. The summed E-state index contributed by atoms with van der Waals surface area (Å²) in [6.07, 6.45) is 0. The van der Waals surface area contributed by atoms with Crippen molar-refractivity contribution in [2.45, 2.75) is 5.79 Å². The Bertz CT molecular complexity index is 1520. The molecule has 156 valence electrons. The van der Waals surface area contributed by atoms with Gasteiger partial charge in [0.15, 0.2) is 11.5 Å². The van der Waals surface area contributed by atoms with Gasteiger partial charge in [-0.3, -0.25) is 4.79 Å². The third-order valence-corrected chi connectivity index (χ3v) is 5.62. The molecule has 6 nitrogen and oxygen atoms in total. The van der Waals surface area contributed by atoms with Gasteiger partial charge in [-0.15, -0.1) is 0 Å². The highest BCUT2D eigenvalue weighted by Crippen LogP contribution is 2.49. The molecule has 6 rings (SSSR count). The maximum absolute atomic E-state index is 13.1. The first kappa shape index (κ1) is 18.3. The van der Waals surface area contributed by atoms with E-state index in [1.54, 1.807) is 12.1 Å². The SMILES string of the molecule is O=c1c2cc3c(cc2oc2cc(O)cc(O)c12)OC(c1ccccc1)(c1ccccc1)O3. The molecule has 0 bridgehead atoms. The Morgan fingerprint density at radius 3 is 1.91 bits per heavy atom. The van der Waals surface area contributed by atoms with Crippen LogP contribution in [0.2, 0.25) is 0 Å². The number of benzene rings is 4. The van der Waals surface area contributed by atoms with Crippen LogP contribution in [0.3, 0.4) is 0 Å². The Balaban J connectivity index is 1.60. The second-order valence-corrected chi connectivity index (χ2v) is 7.62. The first-order valence-corrected chi connectivity index (χ1v) is 10.0. The van der Waals surface area contributed by atoms with E-state index in [1.807, 2.05) is 60.7 Å². The predicted molar refractivity (Wildman–Crippen MR) is 118 cm³/mol. The van der Waals surface area contributed by atoms with Crippen LogP contribution in [0.5, 0.6) is 23.0 Å². The molecule has 0 aliphatic carbocycles. The van der Waals surface area contributed by atoms with Crippen LogP contribution in [0.4, 0.5) is 0 Å². The van der Waals surface area contributed by atoms with E-state index in [2.05, 4.69) is 0 Å². The van der Waals surface area contributed by atoms with Crippen molar-refractivity contribution in [3.63, 3.8) is 0 Å². The maximum Gasteiger partial charge on any atom is 0.305 e. The average molecular weight is 424 g/mol. The average Bonchev–Trinajstić information content (AvgIpc) is 3.18. The molecular weight excluding hydrogens is 408 g/mol. The molecule has 0 radical (unpaired) electrons. The van der Waals surface area contributed by atoms with Crippen LogP contribution in [-0.4, -0.2) is 10.2 Å². The maximum atomic E-state index is 13.1. The van der Waals surface area contributed by atoms with Gasteiger partial charge in [-0.25, -0.2) is 0 Å². The van der Waals surface area contributed by atoms with Gasteiger partial charge in [-0.1, -0.05) is 60.7 Å². The third kappa shape index (κ3) is 2.56. The third-order valence-electron chi connectivity index (χ3n) is 5.62. The highest BCUT2D eigenvalue weighted by molar-refractivity contribution is 5.95. The Morgan fingerprint density at radius 2 is 1.28 bits per heavy atom. The standard InChI is InChI=1S/C26H16O6/c27-17-11-19(28)24-23(12-17)30-20-14-22-21(13-18(20)25(24)29)31-26(32-22,15-7-3-1-4-8-15)16-9-5-2-6-10-16/h1-14,27-28H. The van der Waals surface area contributed by atoms with Crippen molar-refractivity contribution in [1.29, 1.82) is 0 Å². The second-order valence-electron chi connectivity index (χ2n) is 7.62. The molecule has 4 aromatic carbocycles. The van der Waals surface area contributed by atoms with Gasteiger partial charge in [0.05, 0.1) is 5.39 Å². The number of aromatic hydroxyl groups is 2. The minimum absolute atomic E-state index is 0.00783. The minimum atomic E-state index is -1.23. The summed E-state index contributed by atoms with van der Waals surface area (Å²) in [4.78, 5) is 13.1. The number of phenols is 2. The lowest BCUT2D eigenvalue weighted by atomic mass is 9.97. The minimum Gasteiger partial charge on any atom is -0.508 e. The number of hydrogen-bond donors (Lipinski definition) is 2. The summed E-state index contributed by atoms with van der Waals surface area (Å²) in [5, 5.41) is 20.2. The van der Waals surface area contributed by atoms with E-state index in [-0.39, 0.29) is 33.4 Å². The van der Waals surface area contributed by atoms with Crippen LogP contribution in [0, 0.1) is 0 Å². The van der Waals surface area contributed by atoms with E-state index in [9.17, 15) is 15.0 Å². The van der Waals surface area contributed by atoms with E-state index in [0.29, 0.717) is 11.5 Å². The summed E-state index contributed by atoms with van der Waals surface area (Å²) >= 11 is 0. The van der Waals surface area contributed by atoms with Crippen molar-refractivity contribution in [3.05, 3.63) is 106 Å². The summed E-state index contributed by atoms with van der Waals surface area (Å²) in [6.45, 7) is 0. The summed E-state index contributed by atoms with van der Waals surface area (Å²) in [7, 11) is 0. The molecular formula is C26H16O6.